The summed E-state index contributed by atoms with van der Waals surface area (Å²) >= 11 is 1.05. The van der Waals surface area contributed by atoms with Gasteiger partial charge < -0.3 is 16.2 Å². The number of rotatable bonds is 6. The van der Waals surface area contributed by atoms with Gasteiger partial charge in [-0.2, -0.15) is 0 Å². The van der Waals surface area contributed by atoms with Crippen molar-refractivity contribution in [3.63, 3.8) is 0 Å². The summed E-state index contributed by atoms with van der Waals surface area (Å²) < 4.78 is 5.77. The number of pyridine rings is 1. The molecule has 0 saturated heterocycles. The third-order valence-electron chi connectivity index (χ3n) is 3.95. The number of hydrogen-bond donors (Lipinski definition) is 4. The first-order valence-electron chi connectivity index (χ1n) is 8.63. The highest BCUT2D eigenvalue weighted by Gasteiger charge is 2.11. The van der Waals surface area contributed by atoms with Crippen molar-refractivity contribution in [2.24, 2.45) is 0 Å². The second-order valence-corrected chi connectivity index (χ2v) is 7.22. The molecular formula is C21H21N5OS. The number of anilines is 2. The zero-order valence-corrected chi connectivity index (χ0v) is 16.0. The van der Waals surface area contributed by atoms with Crippen molar-refractivity contribution in [1.29, 1.82) is 10.8 Å². The molecule has 0 saturated carbocycles. The lowest BCUT2D eigenvalue weighted by Crippen LogP contribution is -2.07. The molecule has 1 heterocycles. The Hall–Kier alpha value is -3.32. The van der Waals surface area contributed by atoms with Gasteiger partial charge in [0.1, 0.15) is 29.0 Å². The van der Waals surface area contributed by atoms with Crippen LogP contribution in [0, 0.1) is 10.8 Å². The van der Waals surface area contributed by atoms with Crippen LogP contribution in [0.3, 0.4) is 0 Å². The molecule has 0 bridgehead atoms. The van der Waals surface area contributed by atoms with Gasteiger partial charge in [-0.3, -0.25) is 10.8 Å². The lowest BCUT2D eigenvalue weighted by atomic mass is 10.1. The highest BCUT2D eigenvalue weighted by atomic mass is 32.2. The lowest BCUT2D eigenvalue weighted by molar-refractivity contribution is 0.306. The summed E-state index contributed by atoms with van der Waals surface area (Å²) in [5.74, 6) is 1.29. The predicted octanol–water partition coefficient (Wildman–Crippen LogP) is 4.10. The van der Waals surface area contributed by atoms with Gasteiger partial charge in [0.05, 0.1) is 5.04 Å². The molecule has 0 aliphatic rings. The Morgan fingerprint density at radius 2 is 1.61 bits per heavy atom. The maximum atomic E-state index is 8.17. The quantitative estimate of drug-likeness (QED) is 0.372. The largest absolute Gasteiger partial charge is 0.489 e. The summed E-state index contributed by atoms with van der Waals surface area (Å²) in [5.41, 5.74) is 13.9. The molecule has 7 heteroatoms. The minimum atomic E-state index is 0.179. The van der Waals surface area contributed by atoms with E-state index in [1.54, 1.807) is 12.1 Å². The van der Waals surface area contributed by atoms with Crippen LogP contribution in [0.15, 0.2) is 66.7 Å². The number of nitrogens with zero attached hydrogens (tertiary/aromatic N) is 1. The zero-order valence-electron chi connectivity index (χ0n) is 15.2. The van der Waals surface area contributed by atoms with Crippen LogP contribution >= 0.6 is 11.8 Å². The average molecular weight is 392 g/mol. The summed E-state index contributed by atoms with van der Waals surface area (Å²) in [5, 5.41) is 16.8. The van der Waals surface area contributed by atoms with Gasteiger partial charge in [0.25, 0.3) is 0 Å². The molecule has 0 amide bonds. The van der Waals surface area contributed by atoms with E-state index in [9.17, 15) is 0 Å². The second kappa shape index (κ2) is 9.05. The summed E-state index contributed by atoms with van der Waals surface area (Å²) in [4.78, 5) is 3.95. The van der Waals surface area contributed by atoms with E-state index in [2.05, 4.69) is 4.98 Å². The van der Waals surface area contributed by atoms with Crippen LogP contribution in [0.1, 0.15) is 16.7 Å². The first kappa shape index (κ1) is 19.4. The fourth-order valence-corrected chi connectivity index (χ4v) is 3.29. The monoisotopic (exact) mass is 391 g/mol. The molecule has 0 radical (unpaired) electrons. The van der Waals surface area contributed by atoms with E-state index in [0.717, 1.165) is 28.6 Å². The van der Waals surface area contributed by atoms with Gasteiger partial charge in [-0.05, 0) is 35.4 Å². The van der Waals surface area contributed by atoms with Crippen molar-refractivity contribution in [2.45, 2.75) is 13.0 Å². The van der Waals surface area contributed by atoms with E-state index in [1.807, 2.05) is 54.6 Å². The third-order valence-corrected chi connectivity index (χ3v) is 4.77. The van der Waals surface area contributed by atoms with Crippen molar-refractivity contribution < 1.29 is 4.74 Å². The van der Waals surface area contributed by atoms with E-state index in [4.69, 9.17) is 27.0 Å². The maximum absolute atomic E-state index is 8.17. The number of aromatic nitrogens is 1. The van der Waals surface area contributed by atoms with Crippen LogP contribution in [0.4, 0.5) is 11.6 Å². The molecule has 0 unspecified atom stereocenters. The summed E-state index contributed by atoms with van der Waals surface area (Å²) in [6.45, 7) is 0.514. The fraction of sp³-hybridized carbons (Fsp3) is 0.0952. The smallest absolute Gasteiger partial charge is 0.135 e. The Bertz CT molecular complexity index is 974. The van der Waals surface area contributed by atoms with Crippen molar-refractivity contribution >= 4 is 33.5 Å². The van der Waals surface area contributed by atoms with Crippen LogP contribution in [0.25, 0.3) is 0 Å². The minimum Gasteiger partial charge on any atom is -0.489 e. The van der Waals surface area contributed by atoms with Crippen LogP contribution in [0.5, 0.6) is 5.75 Å². The van der Waals surface area contributed by atoms with Crippen LogP contribution in [-0.2, 0) is 13.0 Å². The minimum absolute atomic E-state index is 0.179. The average Bonchev–Trinajstić information content (AvgIpc) is 2.68. The molecule has 28 heavy (non-hydrogen) atoms. The van der Waals surface area contributed by atoms with Gasteiger partial charge in [-0.1, -0.05) is 54.2 Å². The van der Waals surface area contributed by atoms with E-state index in [-0.39, 0.29) is 10.9 Å². The lowest BCUT2D eigenvalue weighted by Gasteiger charge is -2.09. The molecule has 0 fully saturated rings. The number of nitrogen functional groups attached to an aromatic ring is 2. The number of hydrogen-bond acceptors (Lipinski definition) is 7. The van der Waals surface area contributed by atoms with Crippen LogP contribution in [0.2, 0.25) is 0 Å². The van der Waals surface area contributed by atoms with E-state index >= 15 is 0 Å². The van der Waals surface area contributed by atoms with Crippen molar-refractivity contribution in [2.75, 3.05) is 11.5 Å². The molecule has 0 aliphatic carbocycles. The molecule has 3 rings (SSSR count). The van der Waals surface area contributed by atoms with E-state index in [0.29, 0.717) is 29.5 Å². The van der Waals surface area contributed by atoms with Gasteiger partial charge >= 0.3 is 0 Å². The van der Waals surface area contributed by atoms with Crippen molar-refractivity contribution in [3.05, 3.63) is 83.4 Å². The first-order valence-corrected chi connectivity index (χ1v) is 9.45. The molecule has 6 nitrogen and oxygen atoms in total. The number of nitrogens with two attached hydrogens (primary N) is 2. The third kappa shape index (κ3) is 5.34. The van der Waals surface area contributed by atoms with Gasteiger partial charge in [0.15, 0.2) is 0 Å². The van der Waals surface area contributed by atoms with Crippen LogP contribution in [-0.4, -0.2) is 15.1 Å². The number of nitrogens with one attached hydrogen (secondary N) is 2. The van der Waals surface area contributed by atoms with Crippen molar-refractivity contribution in [3.8, 4) is 5.75 Å². The molecule has 0 atom stereocenters. The van der Waals surface area contributed by atoms with Gasteiger partial charge in [0.2, 0.25) is 0 Å². The molecule has 6 N–H and O–H groups in total. The zero-order chi connectivity index (χ0) is 19.9. The molecule has 3 aromatic rings. The molecule has 0 spiro atoms. The Morgan fingerprint density at radius 1 is 0.893 bits per heavy atom. The molecule has 2 aromatic carbocycles. The Balaban J connectivity index is 1.53. The normalized spacial score (nSPS) is 10.4. The van der Waals surface area contributed by atoms with Gasteiger partial charge in [0, 0.05) is 12.0 Å². The Kier molecular flexibility index (Phi) is 6.29. The molecule has 1 aromatic heterocycles. The summed E-state index contributed by atoms with van der Waals surface area (Å²) in [6.07, 6.45) is 0.425. The first-order chi connectivity index (χ1) is 13.5. The maximum Gasteiger partial charge on any atom is 0.135 e. The standard InChI is InChI=1S/C21H21N5OS/c22-18-11-10-17(20(24)26-18)21(25)28-19(23)12-14-6-8-16(9-7-14)27-13-15-4-2-1-3-5-15/h1-11,23,25H,12-13H2,(H4,22,24,26). The van der Waals surface area contributed by atoms with Gasteiger partial charge in [-0.15, -0.1) is 0 Å². The highest BCUT2D eigenvalue weighted by molar-refractivity contribution is 8.26. The second-order valence-electron chi connectivity index (χ2n) is 6.12. The number of benzene rings is 2. The molecular weight excluding hydrogens is 370 g/mol. The topological polar surface area (TPSA) is 122 Å². The number of ether oxygens (including phenoxy) is 1. The predicted molar refractivity (Wildman–Crippen MR) is 116 cm³/mol. The van der Waals surface area contributed by atoms with E-state index < -0.39 is 0 Å². The fourth-order valence-electron chi connectivity index (χ4n) is 2.53. The molecule has 0 aliphatic heterocycles. The summed E-state index contributed by atoms with van der Waals surface area (Å²) in [6, 6.07) is 20.9. The Labute approximate surface area is 168 Å². The summed E-state index contributed by atoms with van der Waals surface area (Å²) in [7, 11) is 0. The van der Waals surface area contributed by atoms with Crippen molar-refractivity contribution in [1.82, 2.24) is 4.98 Å². The van der Waals surface area contributed by atoms with Gasteiger partial charge in [-0.25, -0.2) is 4.98 Å². The van der Waals surface area contributed by atoms with Crippen LogP contribution < -0.4 is 16.2 Å². The number of thioether (sulfide) groups is 1. The molecule has 142 valence electrons. The van der Waals surface area contributed by atoms with E-state index in [1.165, 1.54) is 0 Å². The SMILES string of the molecule is N=C(Cc1ccc(OCc2ccccc2)cc1)SC(=N)c1ccc(N)nc1N. The highest BCUT2D eigenvalue weighted by Crippen LogP contribution is 2.21. The Morgan fingerprint density at radius 3 is 2.29 bits per heavy atom.